The third-order valence-corrected chi connectivity index (χ3v) is 4.51. The average Bonchev–Trinajstić information content (AvgIpc) is 3.25. The summed E-state index contributed by atoms with van der Waals surface area (Å²) in [6, 6.07) is 20.2. The molecule has 0 saturated heterocycles. The maximum Gasteiger partial charge on any atom is 0.132 e. The molecule has 0 spiro atoms. The van der Waals surface area contributed by atoms with Crippen LogP contribution >= 0.6 is 0 Å². The maximum atomic E-state index is 4.84. The fraction of sp³-hybridized carbons (Fsp3) is 0.100. The summed E-state index contributed by atoms with van der Waals surface area (Å²) in [4.78, 5) is 9.07. The zero-order chi connectivity index (χ0) is 17.3. The summed E-state index contributed by atoms with van der Waals surface area (Å²) >= 11 is 0. The Morgan fingerprint density at radius 3 is 2.42 bits per heavy atom. The van der Waals surface area contributed by atoms with Crippen LogP contribution in [-0.4, -0.2) is 29.5 Å². The highest BCUT2D eigenvalue weighted by Gasteiger charge is 2.13. The van der Waals surface area contributed by atoms with E-state index in [2.05, 4.69) is 32.0 Å². The molecule has 126 valence electrons. The number of pyridine rings is 1. The van der Waals surface area contributed by atoms with Gasteiger partial charge in [-0.25, -0.2) is 9.67 Å². The van der Waals surface area contributed by atoms with Gasteiger partial charge in [0.25, 0.3) is 0 Å². The van der Waals surface area contributed by atoms with Crippen molar-refractivity contribution < 1.29 is 0 Å². The van der Waals surface area contributed by atoms with Crippen LogP contribution in [0.1, 0.15) is 11.4 Å². The summed E-state index contributed by atoms with van der Waals surface area (Å²) in [6.07, 6.45) is 3.68. The molecule has 3 heterocycles. The van der Waals surface area contributed by atoms with Gasteiger partial charge in [0.1, 0.15) is 17.9 Å². The van der Waals surface area contributed by atoms with Gasteiger partial charge in [0, 0.05) is 12.4 Å². The van der Waals surface area contributed by atoms with E-state index in [-0.39, 0.29) is 0 Å². The first-order valence-electron chi connectivity index (χ1n) is 8.50. The monoisotopic (exact) mass is 340 g/mol. The lowest BCUT2D eigenvalue weighted by Gasteiger charge is -2.09. The van der Waals surface area contributed by atoms with Crippen molar-refractivity contribution >= 4 is 22.1 Å². The lowest BCUT2D eigenvalue weighted by atomic mass is 10.2. The number of nitrogens with zero attached hydrogens (tertiary/aromatic N) is 6. The van der Waals surface area contributed by atoms with Crippen molar-refractivity contribution in [3.8, 4) is 0 Å². The molecule has 0 saturated carbocycles. The number of fused-ring (bicyclic) bond motifs is 2. The summed E-state index contributed by atoms with van der Waals surface area (Å²) in [5, 5.41) is 8.56. The van der Waals surface area contributed by atoms with E-state index in [0.29, 0.717) is 6.54 Å². The smallest absolute Gasteiger partial charge is 0.132 e. The molecular weight excluding hydrogens is 324 g/mol. The topological polar surface area (TPSA) is 61.4 Å². The number of hydrogen-bond donors (Lipinski definition) is 0. The predicted molar refractivity (Wildman–Crippen MR) is 99.7 cm³/mol. The molecule has 0 aliphatic heterocycles. The molecule has 5 aromatic rings. The molecule has 0 unspecified atom stereocenters. The summed E-state index contributed by atoms with van der Waals surface area (Å²) in [5.74, 6) is 0.950. The van der Waals surface area contributed by atoms with Crippen molar-refractivity contribution in [1.82, 2.24) is 29.5 Å². The number of aromatic nitrogens is 6. The van der Waals surface area contributed by atoms with E-state index in [0.717, 1.165) is 40.0 Å². The lowest BCUT2D eigenvalue weighted by Crippen LogP contribution is -2.11. The molecule has 0 atom stereocenters. The standard InChI is InChI=1S/C20H16N6/c1-3-9-18-16(7-1)22-20(25(18)13-15-6-5-11-21-12-15)14-26-19-10-4-2-8-17(19)23-24-26/h1-12H,13-14H2. The normalized spacial score (nSPS) is 11.4. The minimum absolute atomic E-state index is 0.565. The van der Waals surface area contributed by atoms with Crippen LogP contribution in [0, 0.1) is 0 Å². The van der Waals surface area contributed by atoms with E-state index in [1.807, 2.05) is 59.4 Å². The summed E-state index contributed by atoms with van der Waals surface area (Å²) in [5.41, 5.74) is 5.13. The summed E-state index contributed by atoms with van der Waals surface area (Å²) in [6.45, 7) is 1.28. The Labute approximate surface area is 149 Å². The van der Waals surface area contributed by atoms with Crippen LogP contribution in [0.3, 0.4) is 0 Å². The van der Waals surface area contributed by atoms with Gasteiger partial charge in [-0.1, -0.05) is 35.5 Å². The number of rotatable bonds is 4. The highest BCUT2D eigenvalue weighted by molar-refractivity contribution is 5.76. The van der Waals surface area contributed by atoms with E-state index in [1.54, 1.807) is 6.20 Å². The third-order valence-electron chi connectivity index (χ3n) is 4.51. The molecule has 6 heteroatoms. The first-order valence-corrected chi connectivity index (χ1v) is 8.50. The van der Waals surface area contributed by atoms with E-state index < -0.39 is 0 Å². The molecule has 3 aromatic heterocycles. The molecule has 0 fully saturated rings. The van der Waals surface area contributed by atoms with Crippen molar-refractivity contribution in [2.75, 3.05) is 0 Å². The fourth-order valence-electron chi connectivity index (χ4n) is 3.26. The van der Waals surface area contributed by atoms with E-state index in [1.165, 1.54) is 0 Å². The van der Waals surface area contributed by atoms with Crippen LogP contribution < -0.4 is 0 Å². The molecule has 26 heavy (non-hydrogen) atoms. The van der Waals surface area contributed by atoms with Gasteiger partial charge in [0.15, 0.2) is 0 Å². The second-order valence-electron chi connectivity index (χ2n) is 6.20. The van der Waals surface area contributed by atoms with Gasteiger partial charge in [-0.15, -0.1) is 5.10 Å². The van der Waals surface area contributed by atoms with Crippen molar-refractivity contribution in [3.05, 3.63) is 84.4 Å². The second kappa shape index (κ2) is 6.07. The Balaban J connectivity index is 1.61. The minimum Gasteiger partial charge on any atom is -0.322 e. The Kier molecular flexibility index (Phi) is 3.45. The van der Waals surface area contributed by atoms with E-state index >= 15 is 0 Å². The fourth-order valence-corrected chi connectivity index (χ4v) is 3.26. The molecule has 6 nitrogen and oxygen atoms in total. The van der Waals surface area contributed by atoms with Gasteiger partial charge in [0.2, 0.25) is 0 Å². The predicted octanol–water partition coefficient (Wildman–Crippen LogP) is 3.27. The van der Waals surface area contributed by atoms with Gasteiger partial charge in [-0.2, -0.15) is 0 Å². The largest absolute Gasteiger partial charge is 0.322 e. The Morgan fingerprint density at radius 1 is 0.769 bits per heavy atom. The molecule has 2 aromatic carbocycles. The van der Waals surface area contributed by atoms with Crippen molar-refractivity contribution in [2.45, 2.75) is 13.1 Å². The van der Waals surface area contributed by atoms with Crippen LogP contribution in [0.4, 0.5) is 0 Å². The molecule has 0 N–H and O–H groups in total. The number of imidazole rings is 1. The van der Waals surface area contributed by atoms with Crippen LogP contribution in [0.15, 0.2) is 73.1 Å². The highest BCUT2D eigenvalue weighted by atomic mass is 15.4. The molecule has 0 bridgehead atoms. The first-order chi connectivity index (χ1) is 12.9. The lowest BCUT2D eigenvalue weighted by molar-refractivity contribution is 0.614. The zero-order valence-electron chi connectivity index (χ0n) is 14.0. The van der Waals surface area contributed by atoms with E-state index in [4.69, 9.17) is 4.98 Å². The van der Waals surface area contributed by atoms with Gasteiger partial charge >= 0.3 is 0 Å². The minimum atomic E-state index is 0.565. The molecule has 5 rings (SSSR count). The molecule has 0 radical (unpaired) electrons. The maximum absolute atomic E-state index is 4.84. The highest BCUT2D eigenvalue weighted by Crippen LogP contribution is 2.20. The van der Waals surface area contributed by atoms with Crippen molar-refractivity contribution in [3.63, 3.8) is 0 Å². The Morgan fingerprint density at radius 2 is 1.58 bits per heavy atom. The molecule has 0 aliphatic rings. The van der Waals surface area contributed by atoms with Gasteiger partial charge in [-0.05, 0) is 35.9 Å². The first kappa shape index (κ1) is 14.8. The number of hydrogen-bond acceptors (Lipinski definition) is 4. The number of para-hydroxylation sites is 3. The van der Waals surface area contributed by atoms with Crippen LogP contribution in [-0.2, 0) is 13.1 Å². The molecule has 0 aliphatic carbocycles. The molecular formula is C20H16N6. The molecule has 0 amide bonds. The zero-order valence-corrected chi connectivity index (χ0v) is 14.0. The van der Waals surface area contributed by atoms with Gasteiger partial charge in [-0.3, -0.25) is 4.98 Å². The number of benzene rings is 2. The SMILES string of the molecule is c1cncc(Cn2c(Cn3nnc4ccccc43)nc3ccccc32)c1. The average molecular weight is 340 g/mol. The van der Waals surface area contributed by atoms with E-state index in [9.17, 15) is 0 Å². The van der Waals surface area contributed by atoms with Crippen LogP contribution in [0.25, 0.3) is 22.1 Å². The summed E-state index contributed by atoms with van der Waals surface area (Å²) in [7, 11) is 0. The quantitative estimate of drug-likeness (QED) is 0.504. The second-order valence-corrected chi connectivity index (χ2v) is 6.20. The van der Waals surface area contributed by atoms with Gasteiger partial charge in [0.05, 0.1) is 23.1 Å². The van der Waals surface area contributed by atoms with Crippen molar-refractivity contribution in [1.29, 1.82) is 0 Å². The van der Waals surface area contributed by atoms with Gasteiger partial charge < -0.3 is 4.57 Å². The van der Waals surface area contributed by atoms with Crippen LogP contribution in [0.2, 0.25) is 0 Å². The summed E-state index contributed by atoms with van der Waals surface area (Å²) < 4.78 is 4.12. The Bertz CT molecular complexity index is 1190. The third kappa shape index (κ3) is 2.52. The Hall–Kier alpha value is -3.54. The van der Waals surface area contributed by atoms with Crippen LogP contribution in [0.5, 0.6) is 0 Å². The van der Waals surface area contributed by atoms with Crippen molar-refractivity contribution in [2.24, 2.45) is 0 Å².